The van der Waals surface area contributed by atoms with Crippen LogP contribution in [0, 0.1) is 6.92 Å². The highest BCUT2D eigenvalue weighted by Crippen LogP contribution is 2.25. The molecule has 20 heavy (non-hydrogen) atoms. The second kappa shape index (κ2) is 5.61. The molecule has 0 amide bonds. The van der Waals surface area contributed by atoms with E-state index in [-0.39, 0.29) is 0 Å². The third-order valence-corrected chi connectivity index (χ3v) is 3.70. The molecule has 100 valence electrons. The van der Waals surface area contributed by atoms with Crippen LogP contribution in [-0.4, -0.2) is 10.1 Å². The molecule has 0 saturated carbocycles. The minimum atomic E-state index is 0.328. The fourth-order valence-electron chi connectivity index (χ4n) is 1.80. The minimum Gasteiger partial charge on any atom is -0.333 e. The quantitative estimate of drug-likeness (QED) is 0.694. The zero-order chi connectivity index (χ0) is 13.9. The molecule has 0 unspecified atom stereocenters. The second-order valence-corrected chi connectivity index (χ2v) is 5.53. The zero-order valence-electron chi connectivity index (χ0n) is 10.7. The summed E-state index contributed by atoms with van der Waals surface area (Å²) in [5.74, 6) is 0.881. The lowest BCUT2D eigenvalue weighted by molar-refractivity contribution is 0.410. The van der Waals surface area contributed by atoms with Crippen LogP contribution in [0.1, 0.15) is 17.0 Å². The predicted octanol–water partition coefficient (Wildman–Crippen LogP) is 4.84. The van der Waals surface area contributed by atoms with Crippen molar-refractivity contribution in [2.24, 2.45) is 0 Å². The first-order valence-electron chi connectivity index (χ1n) is 6.03. The molecule has 2 aromatic heterocycles. The number of benzene rings is 1. The van der Waals surface area contributed by atoms with E-state index in [1.807, 2.05) is 54.1 Å². The van der Waals surface area contributed by atoms with Crippen LogP contribution in [0.4, 0.5) is 0 Å². The molecule has 0 radical (unpaired) electrons. The highest BCUT2D eigenvalue weighted by atomic mass is 35.5. The zero-order valence-corrected chi connectivity index (χ0v) is 12.3. The molecule has 0 aliphatic rings. The van der Waals surface area contributed by atoms with Gasteiger partial charge in [0.2, 0.25) is 5.82 Å². The molecule has 0 atom stereocenters. The standard InChI is InChI=1S/C15H11ClN2OS/c1-10-3-2-4-11(7-10)8-13(16)15-17-14(18-19-15)12-5-6-20-9-12/h2-9H,1H3/b13-8-. The topological polar surface area (TPSA) is 38.9 Å². The van der Waals surface area contributed by atoms with E-state index in [0.29, 0.717) is 16.7 Å². The Morgan fingerprint density at radius 3 is 3.00 bits per heavy atom. The molecule has 1 aromatic carbocycles. The number of aromatic nitrogens is 2. The molecule has 2 heterocycles. The molecule has 0 aliphatic carbocycles. The Balaban J connectivity index is 1.89. The van der Waals surface area contributed by atoms with Crippen molar-refractivity contribution in [3.05, 3.63) is 58.1 Å². The Morgan fingerprint density at radius 2 is 2.25 bits per heavy atom. The maximum Gasteiger partial charge on any atom is 0.269 e. The molecule has 3 nitrogen and oxygen atoms in total. The summed E-state index contributed by atoms with van der Waals surface area (Å²) in [5.41, 5.74) is 3.11. The summed E-state index contributed by atoms with van der Waals surface area (Å²) in [7, 11) is 0. The summed E-state index contributed by atoms with van der Waals surface area (Å²) in [4.78, 5) is 4.30. The highest BCUT2D eigenvalue weighted by molar-refractivity contribution is 7.08. The van der Waals surface area contributed by atoms with Gasteiger partial charge in [-0.05, 0) is 30.0 Å². The van der Waals surface area contributed by atoms with Gasteiger partial charge in [0.1, 0.15) is 5.03 Å². The van der Waals surface area contributed by atoms with Gasteiger partial charge >= 0.3 is 0 Å². The summed E-state index contributed by atoms with van der Waals surface area (Å²) in [5, 5.41) is 8.30. The first-order valence-corrected chi connectivity index (χ1v) is 7.35. The Bertz CT molecular complexity index is 747. The van der Waals surface area contributed by atoms with Gasteiger partial charge in [0.25, 0.3) is 5.89 Å². The van der Waals surface area contributed by atoms with E-state index in [1.54, 1.807) is 11.3 Å². The molecule has 5 heteroatoms. The molecule has 0 aliphatic heterocycles. The maximum atomic E-state index is 6.24. The molecular formula is C15H11ClN2OS. The van der Waals surface area contributed by atoms with Gasteiger partial charge in [-0.2, -0.15) is 16.3 Å². The molecule has 3 aromatic rings. The monoisotopic (exact) mass is 302 g/mol. The molecule has 0 spiro atoms. The molecular weight excluding hydrogens is 292 g/mol. The number of nitrogens with zero attached hydrogens (tertiary/aromatic N) is 2. The molecule has 0 saturated heterocycles. The van der Waals surface area contributed by atoms with Gasteiger partial charge in [-0.1, -0.05) is 46.6 Å². The number of aryl methyl sites for hydroxylation is 1. The Morgan fingerprint density at radius 1 is 1.35 bits per heavy atom. The highest BCUT2D eigenvalue weighted by Gasteiger charge is 2.11. The van der Waals surface area contributed by atoms with Gasteiger partial charge in [0.05, 0.1) is 0 Å². The Labute approximate surface area is 125 Å². The van der Waals surface area contributed by atoms with Crippen LogP contribution in [0.25, 0.3) is 22.5 Å². The SMILES string of the molecule is Cc1cccc(/C=C(\Cl)c2nc(-c3ccsc3)no2)c1. The van der Waals surface area contributed by atoms with E-state index in [2.05, 4.69) is 10.1 Å². The fourth-order valence-corrected chi connectivity index (χ4v) is 2.63. The van der Waals surface area contributed by atoms with Crippen molar-refractivity contribution < 1.29 is 4.52 Å². The number of hydrogen-bond donors (Lipinski definition) is 0. The van der Waals surface area contributed by atoms with Gasteiger partial charge in [-0.15, -0.1) is 0 Å². The summed E-state index contributed by atoms with van der Waals surface area (Å²) in [6.45, 7) is 2.03. The summed E-state index contributed by atoms with van der Waals surface area (Å²) in [6.07, 6.45) is 1.82. The Hall–Kier alpha value is -1.91. The largest absolute Gasteiger partial charge is 0.333 e. The number of thiophene rings is 1. The van der Waals surface area contributed by atoms with Crippen molar-refractivity contribution in [1.29, 1.82) is 0 Å². The lowest BCUT2D eigenvalue weighted by Gasteiger charge is -1.96. The van der Waals surface area contributed by atoms with Crippen molar-refractivity contribution in [3.8, 4) is 11.4 Å². The van der Waals surface area contributed by atoms with Crippen LogP contribution >= 0.6 is 22.9 Å². The smallest absolute Gasteiger partial charge is 0.269 e. The second-order valence-electron chi connectivity index (χ2n) is 4.34. The van der Waals surface area contributed by atoms with Crippen LogP contribution in [0.3, 0.4) is 0 Å². The van der Waals surface area contributed by atoms with Crippen molar-refractivity contribution in [3.63, 3.8) is 0 Å². The average molecular weight is 303 g/mol. The number of hydrogen-bond acceptors (Lipinski definition) is 4. The van der Waals surface area contributed by atoms with Crippen molar-refractivity contribution in [1.82, 2.24) is 10.1 Å². The summed E-state index contributed by atoms with van der Waals surface area (Å²) >= 11 is 7.82. The van der Waals surface area contributed by atoms with Crippen LogP contribution < -0.4 is 0 Å². The third kappa shape index (κ3) is 2.81. The van der Waals surface area contributed by atoms with E-state index in [1.165, 1.54) is 5.56 Å². The van der Waals surface area contributed by atoms with Crippen LogP contribution in [0.2, 0.25) is 0 Å². The molecule has 3 rings (SSSR count). The van der Waals surface area contributed by atoms with Gasteiger partial charge < -0.3 is 4.52 Å². The lowest BCUT2D eigenvalue weighted by atomic mass is 10.1. The van der Waals surface area contributed by atoms with Crippen LogP contribution in [0.15, 0.2) is 45.6 Å². The van der Waals surface area contributed by atoms with E-state index < -0.39 is 0 Å². The number of rotatable bonds is 3. The van der Waals surface area contributed by atoms with Crippen LogP contribution in [-0.2, 0) is 0 Å². The first-order chi connectivity index (χ1) is 9.72. The Kier molecular flexibility index (Phi) is 3.67. The number of halogens is 1. The van der Waals surface area contributed by atoms with Gasteiger partial charge in [0, 0.05) is 10.9 Å². The van der Waals surface area contributed by atoms with E-state index in [0.717, 1.165) is 11.1 Å². The average Bonchev–Trinajstić information content (AvgIpc) is 3.10. The normalized spacial score (nSPS) is 11.8. The van der Waals surface area contributed by atoms with Crippen LogP contribution in [0.5, 0.6) is 0 Å². The molecule has 0 fully saturated rings. The molecule has 0 N–H and O–H groups in total. The van der Waals surface area contributed by atoms with Crippen molar-refractivity contribution in [2.45, 2.75) is 6.92 Å². The first kappa shape index (κ1) is 13.1. The van der Waals surface area contributed by atoms with Crippen molar-refractivity contribution >= 4 is 34.0 Å². The summed E-state index contributed by atoms with van der Waals surface area (Å²) < 4.78 is 5.20. The summed E-state index contributed by atoms with van der Waals surface area (Å²) in [6, 6.07) is 9.98. The lowest BCUT2D eigenvalue weighted by Crippen LogP contribution is -1.80. The maximum absolute atomic E-state index is 6.24. The van der Waals surface area contributed by atoms with E-state index in [4.69, 9.17) is 16.1 Å². The van der Waals surface area contributed by atoms with E-state index in [9.17, 15) is 0 Å². The van der Waals surface area contributed by atoms with Crippen molar-refractivity contribution in [2.75, 3.05) is 0 Å². The molecule has 0 bridgehead atoms. The third-order valence-electron chi connectivity index (χ3n) is 2.75. The van der Waals surface area contributed by atoms with Gasteiger partial charge in [-0.3, -0.25) is 0 Å². The van der Waals surface area contributed by atoms with Gasteiger partial charge in [-0.25, -0.2) is 0 Å². The fraction of sp³-hybridized carbons (Fsp3) is 0.0667. The predicted molar refractivity (Wildman–Crippen MR) is 82.5 cm³/mol. The van der Waals surface area contributed by atoms with Gasteiger partial charge in [0.15, 0.2) is 0 Å². The van der Waals surface area contributed by atoms with E-state index >= 15 is 0 Å². The minimum absolute atomic E-state index is 0.328.